The van der Waals surface area contributed by atoms with Crippen molar-refractivity contribution >= 4 is 11.6 Å². The van der Waals surface area contributed by atoms with E-state index in [1.807, 2.05) is 53.2 Å². The third-order valence-electron chi connectivity index (χ3n) is 4.13. The Balaban J connectivity index is 1.30. The van der Waals surface area contributed by atoms with Crippen LogP contribution in [0.15, 0.2) is 48.8 Å². The molecule has 1 N–H and O–H groups in total. The predicted octanol–water partition coefficient (Wildman–Crippen LogP) is 2.35. The molecule has 3 aromatic rings. The molecule has 25 heavy (non-hydrogen) atoms. The van der Waals surface area contributed by atoms with Crippen LogP contribution in [0.2, 0.25) is 0 Å². The normalized spacial score (nSPS) is 13.0. The van der Waals surface area contributed by atoms with E-state index in [2.05, 4.69) is 10.3 Å². The van der Waals surface area contributed by atoms with Gasteiger partial charge in [-0.3, -0.25) is 4.79 Å². The highest BCUT2D eigenvalue weighted by Gasteiger charge is 2.12. The van der Waals surface area contributed by atoms with Crippen LogP contribution < -0.4 is 14.8 Å². The first-order valence-electron chi connectivity index (χ1n) is 8.36. The standard InChI is InChI=1S/C19H19N3O3/c23-19(20-12-15-13-22-8-2-1-3-18(22)21-15)7-5-14-4-6-16-17(11-14)25-10-9-24-16/h1-4,6,8,11,13H,5,7,9-10,12H2,(H,20,23). The molecule has 3 heterocycles. The number of rotatable bonds is 5. The lowest BCUT2D eigenvalue weighted by Gasteiger charge is -2.18. The Morgan fingerprint density at radius 3 is 2.92 bits per heavy atom. The number of hydrogen-bond acceptors (Lipinski definition) is 4. The van der Waals surface area contributed by atoms with Gasteiger partial charge in [-0.1, -0.05) is 12.1 Å². The minimum absolute atomic E-state index is 0.00643. The lowest BCUT2D eigenvalue weighted by Crippen LogP contribution is -2.23. The molecule has 1 aromatic carbocycles. The Morgan fingerprint density at radius 1 is 1.16 bits per heavy atom. The monoisotopic (exact) mass is 337 g/mol. The molecule has 0 fully saturated rings. The van der Waals surface area contributed by atoms with Gasteiger partial charge in [-0.25, -0.2) is 4.98 Å². The smallest absolute Gasteiger partial charge is 0.220 e. The van der Waals surface area contributed by atoms with Crippen LogP contribution in [0.1, 0.15) is 17.7 Å². The minimum Gasteiger partial charge on any atom is -0.486 e. The number of benzene rings is 1. The van der Waals surface area contributed by atoms with Gasteiger partial charge in [-0.15, -0.1) is 0 Å². The molecule has 2 aromatic heterocycles. The number of imidazole rings is 1. The summed E-state index contributed by atoms with van der Waals surface area (Å²) < 4.78 is 13.0. The number of nitrogens with one attached hydrogen (secondary N) is 1. The molecule has 0 aliphatic carbocycles. The summed E-state index contributed by atoms with van der Waals surface area (Å²) in [5.41, 5.74) is 2.79. The first-order chi connectivity index (χ1) is 12.3. The lowest BCUT2D eigenvalue weighted by molar-refractivity contribution is -0.121. The number of hydrogen-bond donors (Lipinski definition) is 1. The number of ether oxygens (including phenoxy) is 2. The predicted molar refractivity (Wildman–Crippen MR) is 92.8 cm³/mol. The zero-order chi connectivity index (χ0) is 17.1. The summed E-state index contributed by atoms with van der Waals surface area (Å²) in [5.74, 6) is 1.53. The molecule has 0 atom stereocenters. The summed E-state index contributed by atoms with van der Waals surface area (Å²) in [5, 5.41) is 2.92. The molecule has 0 saturated carbocycles. The first-order valence-corrected chi connectivity index (χ1v) is 8.36. The van der Waals surface area contributed by atoms with Gasteiger partial charge in [0.1, 0.15) is 18.9 Å². The number of carbonyl (C=O) groups excluding carboxylic acids is 1. The fourth-order valence-electron chi connectivity index (χ4n) is 2.85. The highest BCUT2D eigenvalue weighted by Crippen LogP contribution is 2.31. The zero-order valence-electron chi connectivity index (χ0n) is 13.8. The molecule has 0 spiro atoms. The van der Waals surface area contributed by atoms with Crippen molar-refractivity contribution in [2.45, 2.75) is 19.4 Å². The number of aryl methyl sites for hydroxylation is 1. The van der Waals surface area contributed by atoms with Crippen molar-refractivity contribution in [3.8, 4) is 11.5 Å². The lowest BCUT2D eigenvalue weighted by atomic mass is 10.1. The largest absolute Gasteiger partial charge is 0.486 e. The third-order valence-corrected chi connectivity index (χ3v) is 4.13. The van der Waals surface area contributed by atoms with Crippen molar-refractivity contribution in [1.29, 1.82) is 0 Å². The molecule has 0 unspecified atom stereocenters. The second kappa shape index (κ2) is 6.84. The van der Waals surface area contributed by atoms with Gasteiger partial charge >= 0.3 is 0 Å². The van der Waals surface area contributed by atoms with Crippen molar-refractivity contribution in [1.82, 2.24) is 14.7 Å². The summed E-state index contributed by atoms with van der Waals surface area (Å²) in [4.78, 5) is 16.6. The molecule has 0 radical (unpaired) electrons. The van der Waals surface area contributed by atoms with Crippen LogP contribution in [0.3, 0.4) is 0 Å². The van der Waals surface area contributed by atoms with Crippen molar-refractivity contribution in [3.05, 3.63) is 60.0 Å². The third kappa shape index (κ3) is 3.57. The van der Waals surface area contributed by atoms with Crippen LogP contribution in [0.4, 0.5) is 0 Å². The number of aromatic nitrogens is 2. The average Bonchev–Trinajstić information content (AvgIpc) is 3.07. The second-order valence-corrected chi connectivity index (χ2v) is 5.95. The molecule has 1 amide bonds. The summed E-state index contributed by atoms with van der Waals surface area (Å²) >= 11 is 0. The van der Waals surface area contributed by atoms with Crippen LogP contribution in [-0.2, 0) is 17.8 Å². The molecular weight excluding hydrogens is 318 g/mol. The number of carbonyl (C=O) groups is 1. The molecule has 128 valence electrons. The number of fused-ring (bicyclic) bond motifs is 2. The van der Waals surface area contributed by atoms with Gasteiger partial charge in [0.25, 0.3) is 0 Å². The van der Waals surface area contributed by atoms with Gasteiger partial charge in [-0.05, 0) is 36.2 Å². The van der Waals surface area contributed by atoms with E-state index in [1.165, 1.54) is 0 Å². The summed E-state index contributed by atoms with van der Waals surface area (Å²) in [6.07, 6.45) is 4.95. The highest BCUT2D eigenvalue weighted by atomic mass is 16.6. The maximum absolute atomic E-state index is 12.1. The highest BCUT2D eigenvalue weighted by molar-refractivity contribution is 5.76. The van der Waals surface area contributed by atoms with E-state index in [1.54, 1.807) is 0 Å². The Bertz CT molecular complexity index is 871. The van der Waals surface area contributed by atoms with E-state index in [4.69, 9.17) is 9.47 Å². The first kappa shape index (κ1) is 15.5. The Labute approximate surface area is 145 Å². The van der Waals surface area contributed by atoms with Crippen molar-refractivity contribution in [2.24, 2.45) is 0 Å². The maximum atomic E-state index is 12.1. The van der Waals surface area contributed by atoms with E-state index in [-0.39, 0.29) is 5.91 Å². The molecule has 6 nitrogen and oxygen atoms in total. The molecule has 1 aliphatic rings. The quantitative estimate of drug-likeness (QED) is 0.776. The van der Waals surface area contributed by atoms with Crippen molar-refractivity contribution in [2.75, 3.05) is 13.2 Å². The minimum atomic E-state index is 0.00643. The molecule has 6 heteroatoms. The van der Waals surface area contributed by atoms with E-state index < -0.39 is 0 Å². The van der Waals surface area contributed by atoms with Gasteiger partial charge in [0.15, 0.2) is 11.5 Å². The number of pyridine rings is 1. The van der Waals surface area contributed by atoms with Gasteiger partial charge in [0.05, 0.1) is 12.2 Å². The van der Waals surface area contributed by atoms with Crippen LogP contribution in [-0.4, -0.2) is 28.5 Å². The van der Waals surface area contributed by atoms with Gasteiger partial charge in [0, 0.05) is 18.8 Å². The number of nitrogens with zero attached hydrogens (tertiary/aromatic N) is 2. The topological polar surface area (TPSA) is 64.9 Å². The van der Waals surface area contributed by atoms with Crippen molar-refractivity contribution in [3.63, 3.8) is 0 Å². The van der Waals surface area contributed by atoms with E-state index in [0.717, 1.165) is 28.4 Å². The van der Waals surface area contributed by atoms with E-state index in [9.17, 15) is 4.79 Å². The van der Waals surface area contributed by atoms with Gasteiger partial charge in [-0.2, -0.15) is 0 Å². The average molecular weight is 337 g/mol. The van der Waals surface area contributed by atoms with E-state index >= 15 is 0 Å². The summed E-state index contributed by atoms with van der Waals surface area (Å²) in [6.45, 7) is 1.58. The van der Waals surface area contributed by atoms with Crippen LogP contribution in [0.25, 0.3) is 5.65 Å². The fraction of sp³-hybridized carbons (Fsp3) is 0.263. The van der Waals surface area contributed by atoms with E-state index in [0.29, 0.717) is 32.6 Å². The second-order valence-electron chi connectivity index (χ2n) is 5.95. The zero-order valence-corrected chi connectivity index (χ0v) is 13.8. The van der Waals surface area contributed by atoms with Gasteiger partial charge in [0.2, 0.25) is 5.91 Å². The Hall–Kier alpha value is -3.02. The Kier molecular flexibility index (Phi) is 4.24. The molecule has 1 aliphatic heterocycles. The molecule has 0 bridgehead atoms. The van der Waals surface area contributed by atoms with Crippen molar-refractivity contribution < 1.29 is 14.3 Å². The fourth-order valence-corrected chi connectivity index (χ4v) is 2.85. The maximum Gasteiger partial charge on any atom is 0.220 e. The Morgan fingerprint density at radius 2 is 2.04 bits per heavy atom. The summed E-state index contributed by atoms with van der Waals surface area (Å²) in [6, 6.07) is 11.7. The van der Waals surface area contributed by atoms with Gasteiger partial charge < -0.3 is 19.2 Å². The van der Waals surface area contributed by atoms with Crippen LogP contribution in [0, 0.1) is 0 Å². The van der Waals surface area contributed by atoms with Crippen LogP contribution >= 0.6 is 0 Å². The SMILES string of the molecule is O=C(CCc1ccc2c(c1)OCCO2)NCc1cn2ccccc2n1. The molecule has 0 saturated heterocycles. The number of amides is 1. The summed E-state index contributed by atoms with van der Waals surface area (Å²) in [7, 11) is 0. The molecule has 4 rings (SSSR count). The van der Waals surface area contributed by atoms with Crippen LogP contribution in [0.5, 0.6) is 11.5 Å². The molecular formula is C19H19N3O3.